The molecular weight excluding hydrogens is 104 g/mol. The molecule has 46 valence electrons. The molecule has 0 unspecified atom stereocenters. The molecule has 0 radical (unpaired) electrons. The molecule has 0 saturated carbocycles. The van der Waals surface area contributed by atoms with Crippen molar-refractivity contribution in [3.05, 3.63) is 0 Å². The Bertz CT molecular complexity index is 120. The number of rotatable bonds is 0. The molecule has 0 aromatic rings. The monoisotopic (exact) mass is 114 g/mol. The maximum atomic E-state index is 5.38. The van der Waals surface area contributed by atoms with Crippen molar-refractivity contribution in [2.45, 2.75) is 31.7 Å². The minimum Gasteiger partial charge on any atom is -0.370 e. The average Bonchev–Trinajstić information content (AvgIpc) is 2.34. The number of fused-ring (bicyclic) bond motifs is 1. The summed E-state index contributed by atoms with van der Waals surface area (Å²) in [5, 5.41) is 0. The van der Waals surface area contributed by atoms with E-state index in [2.05, 4.69) is 13.8 Å². The van der Waals surface area contributed by atoms with Crippen LogP contribution in [0.2, 0.25) is 0 Å². The molecule has 0 spiro atoms. The average molecular weight is 114 g/mol. The number of epoxide rings is 1. The van der Waals surface area contributed by atoms with Crippen LogP contribution in [-0.2, 0) is 9.47 Å². The zero-order valence-corrected chi connectivity index (χ0v) is 5.18. The fourth-order valence-corrected chi connectivity index (χ4v) is 1.26. The molecule has 0 N–H and O–H groups in total. The van der Waals surface area contributed by atoms with Crippen LogP contribution >= 0.6 is 0 Å². The molecule has 2 rings (SSSR count). The summed E-state index contributed by atoms with van der Waals surface area (Å²) in [6.45, 7) is 4.95. The van der Waals surface area contributed by atoms with Crippen molar-refractivity contribution in [3.63, 3.8) is 0 Å². The Balaban J connectivity index is 2.17. The third-order valence-corrected chi connectivity index (χ3v) is 1.89. The summed E-state index contributed by atoms with van der Waals surface area (Å²) in [4.78, 5) is 0. The summed E-state index contributed by atoms with van der Waals surface area (Å²) in [5.41, 5.74) is 0.00463. The van der Waals surface area contributed by atoms with Crippen molar-refractivity contribution >= 4 is 0 Å². The van der Waals surface area contributed by atoms with Gasteiger partial charge in [-0.1, -0.05) is 0 Å². The summed E-state index contributed by atoms with van der Waals surface area (Å²) in [5.74, 6) is 0. The van der Waals surface area contributed by atoms with E-state index in [1.807, 2.05) is 0 Å². The van der Waals surface area contributed by atoms with Crippen molar-refractivity contribution in [3.8, 4) is 0 Å². The van der Waals surface area contributed by atoms with Crippen molar-refractivity contribution in [2.24, 2.45) is 0 Å². The third-order valence-electron chi connectivity index (χ3n) is 1.89. The normalized spacial score (nSPS) is 48.8. The summed E-state index contributed by atoms with van der Waals surface area (Å²) in [6.07, 6.45) is 0.840. The molecule has 2 heterocycles. The molecule has 2 saturated heterocycles. The maximum absolute atomic E-state index is 5.38. The number of ether oxygens (including phenoxy) is 2. The van der Waals surface area contributed by atoms with E-state index in [1.54, 1.807) is 0 Å². The number of hydrogen-bond donors (Lipinski definition) is 0. The van der Waals surface area contributed by atoms with Crippen molar-refractivity contribution in [1.29, 1.82) is 0 Å². The minimum atomic E-state index is 0.00463. The minimum absolute atomic E-state index is 0.00463. The van der Waals surface area contributed by atoms with Crippen molar-refractivity contribution < 1.29 is 9.47 Å². The lowest BCUT2D eigenvalue weighted by molar-refractivity contribution is -0.0335. The second-order valence-corrected chi connectivity index (χ2v) is 3.01. The van der Waals surface area contributed by atoms with Crippen LogP contribution in [0.3, 0.4) is 0 Å². The lowest BCUT2D eigenvalue weighted by atomic mass is 10.1. The SMILES string of the molecule is CC1(C)OC[C@H]2O[C@H]21. The Morgan fingerprint density at radius 2 is 2.25 bits per heavy atom. The van der Waals surface area contributed by atoms with Crippen molar-refractivity contribution in [2.75, 3.05) is 6.61 Å². The van der Waals surface area contributed by atoms with Gasteiger partial charge in [-0.05, 0) is 13.8 Å². The summed E-state index contributed by atoms with van der Waals surface area (Å²) < 4.78 is 10.6. The van der Waals surface area contributed by atoms with E-state index in [-0.39, 0.29) is 5.60 Å². The van der Waals surface area contributed by atoms with Crippen molar-refractivity contribution in [1.82, 2.24) is 0 Å². The molecule has 0 aliphatic carbocycles. The maximum Gasteiger partial charge on any atom is 0.115 e. The predicted octanol–water partition coefficient (Wildman–Crippen LogP) is 0.563. The molecule has 0 aromatic carbocycles. The van der Waals surface area contributed by atoms with Gasteiger partial charge in [0.15, 0.2) is 0 Å². The van der Waals surface area contributed by atoms with Gasteiger partial charge in [0.05, 0.1) is 12.2 Å². The van der Waals surface area contributed by atoms with Gasteiger partial charge in [0.25, 0.3) is 0 Å². The summed E-state index contributed by atoms with van der Waals surface area (Å²) in [6, 6.07) is 0. The molecule has 0 bridgehead atoms. The molecule has 2 nitrogen and oxygen atoms in total. The topological polar surface area (TPSA) is 21.8 Å². The Kier molecular flexibility index (Phi) is 0.649. The molecule has 2 heteroatoms. The van der Waals surface area contributed by atoms with E-state index in [0.29, 0.717) is 12.2 Å². The van der Waals surface area contributed by atoms with E-state index in [4.69, 9.17) is 9.47 Å². The zero-order valence-electron chi connectivity index (χ0n) is 5.18. The lowest BCUT2D eigenvalue weighted by Gasteiger charge is -2.17. The molecule has 0 amide bonds. The van der Waals surface area contributed by atoms with E-state index in [9.17, 15) is 0 Å². The highest BCUT2D eigenvalue weighted by molar-refractivity contribution is 5.02. The van der Waals surface area contributed by atoms with Crippen LogP contribution < -0.4 is 0 Å². The summed E-state index contributed by atoms with van der Waals surface area (Å²) >= 11 is 0. The molecule has 2 atom stereocenters. The van der Waals surface area contributed by atoms with Gasteiger partial charge in [0, 0.05) is 0 Å². The quantitative estimate of drug-likeness (QED) is 0.429. The molecular formula is C6H10O2. The van der Waals surface area contributed by atoms with E-state index in [1.165, 1.54) is 0 Å². The molecule has 2 aliphatic rings. The highest BCUT2D eigenvalue weighted by Crippen LogP contribution is 2.41. The molecule has 0 aromatic heterocycles. The fraction of sp³-hybridized carbons (Fsp3) is 1.00. The van der Waals surface area contributed by atoms with Crippen LogP contribution in [0.5, 0.6) is 0 Å². The highest BCUT2D eigenvalue weighted by Gasteiger charge is 2.56. The zero-order chi connectivity index (χ0) is 5.78. The van der Waals surface area contributed by atoms with Gasteiger partial charge in [-0.3, -0.25) is 0 Å². The third kappa shape index (κ3) is 0.446. The number of hydrogen-bond acceptors (Lipinski definition) is 2. The Hall–Kier alpha value is -0.0800. The van der Waals surface area contributed by atoms with Gasteiger partial charge in [-0.15, -0.1) is 0 Å². The van der Waals surface area contributed by atoms with Crippen LogP contribution in [0.25, 0.3) is 0 Å². The fourth-order valence-electron chi connectivity index (χ4n) is 1.26. The molecule has 2 fully saturated rings. The first-order valence-electron chi connectivity index (χ1n) is 2.99. The van der Waals surface area contributed by atoms with Crippen LogP contribution in [0.1, 0.15) is 13.8 Å². The van der Waals surface area contributed by atoms with Gasteiger partial charge in [0.2, 0.25) is 0 Å². The first kappa shape index (κ1) is 4.77. The standard InChI is InChI=1S/C6H10O2/c1-6(2)5-4(8-5)3-7-6/h4-5H,3H2,1-2H3/t4-,5-/m1/s1. The second kappa shape index (κ2) is 1.09. The van der Waals surface area contributed by atoms with Crippen LogP contribution in [-0.4, -0.2) is 24.4 Å². The van der Waals surface area contributed by atoms with E-state index < -0.39 is 0 Å². The Morgan fingerprint density at radius 1 is 1.50 bits per heavy atom. The Labute approximate surface area is 48.8 Å². The highest BCUT2D eigenvalue weighted by atomic mass is 16.7. The van der Waals surface area contributed by atoms with Gasteiger partial charge in [-0.25, -0.2) is 0 Å². The molecule has 2 aliphatic heterocycles. The predicted molar refractivity (Wildman–Crippen MR) is 28.7 cm³/mol. The van der Waals surface area contributed by atoms with Crippen LogP contribution in [0, 0.1) is 0 Å². The Morgan fingerprint density at radius 3 is 2.38 bits per heavy atom. The van der Waals surface area contributed by atoms with E-state index >= 15 is 0 Å². The second-order valence-electron chi connectivity index (χ2n) is 3.01. The first-order chi connectivity index (χ1) is 3.70. The first-order valence-corrected chi connectivity index (χ1v) is 2.99. The largest absolute Gasteiger partial charge is 0.370 e. The van der Waals surface area contributed by atoms with E-state index in [0.717, 1.165) is 6.61 Å². The van der Waals surface area contributed by atoms with Gasteiger partial charge >= 0.3 is 0 Å². The van der Waals surface area contributed by atoms with Crippen LogP contribution in [0.4, 0.5) is 0 Å². The lowest BCUT2D eigenvalue weighted by Crippen LogP contribution is -2.26. The van der Waals surface area contributed by atoms with Gasteiger partial charge in [0.1, 0.15) is 12.2 Å². The van der Waals surface area contributed by atoms with Gasteiger partial charge < -0.3 is 9.47 Å². The smallest absolute Gasteiger partial charge is 0.115 e. The van der Waals surface area contributed by atoms with Crippen LogP contribution in [0.15, 0.2) is 0 Å². The summed E-state index contributed by atoms with van der Waals surface area (Å²) in [7, 11) is 0. The van der Waals surface area contributed by atoms with Gasteiger partial charge in [-0.2, -0.15) is 0 Å². The molecule has 8 heavy (non-hydrogen) atoms.